The van der Waals surface area contributed by atoms with Crippen LogP contribution in [0, 0.1) is 5.92 Å². The Bertz CT molecular complexity index is 429. The maximum Gasteiger partial charge on any atom is 0.240 e. The van der Waals surface area contributed by atoms with Gasteiger partial charge in [-0.3, -0.25) is 0 Å². The van der Waals surface area contributed by atoms with Crippen molar-refractivity contribution < 1.29 is 8.42 Å². The standard InChI is InChI=1S/C12H20N2O2S/c1-10(2)12(13-3)9-14-17(15,16)11-7-5-4-6-8-11/h4-8,10,12-14H,9H2,1-3H3/t12-/m1/s1. The van der Waals surface area contributed by atoms with E-state index in [4.69, 9.17) is 0 Å². The maximum atomic E-state index is 11.9. The molecule has 0 heterocycles. The van der Waals surface area contributed by atoms with Crippen LogP contribution in [0.5, 0.6) is 0 Å². The van der Waals surface area contributed by atoms with E-state index in [9.17, 15) is 8.42 Å². The van der Waals surface area contributed by atoms with Crippen molar-refractivity contribution in [2.75, 3.05) is 13.6 Å². The Kier molecular flexibility index (Phi) is 5.11. The molecule has 0 spiro atoms. The molecule has 1 aromatic carbocycles. The molecule has 5 heteroatoms. The van der Waals surface area contributed by atoms with Gasteiger partial charge < -0.3 is 5.32 Å². The number of rotatable bonds is 6. The van der Waals surface area contributed by atoms with Crippen LogP contribution >= 0.6 is 0 Å². The number of likely N-dealkylation sites (N-methyl/N-ethyl adjacent to an activating group) is 1. The molecule has 1 aromatic rings. The van der Waals surface area contributed by atoms with Gasteiger partial charge in [-0.2, -0.15) is 0 Å². The van der Waals surface area contributed by atoms with E-state index in [0.29, 0.717) is 17.4 Å². The molecule has 96 valence electrons. The molecule has 1 rings (SSSR count). The Balaban J connectivity index is 2.69. The van der Waals surface area contributed by atoms with Crippen molar-refractivity contribution in [3.8, 4) is 0 Å². The van der Waals surface area contributed by atoms with Crippen LogP contribution in [0.3, 0.4) is 0 Å². The average Bonchev–Trinajstić information content (AvgIpc) is 2.30. The summed E-state index contributed by atoms with van der Waals surface area (Å²) < 4.78 is 26.5. The minimum absolute atomic E-state index is 0.133. The highest BCUT2D eigenvalue weighted by Crippen LogP contribution is 2.08. The molecule has 0 saturated heterocycles. The predicted molar refractivity (Wildman–Crippen MR) is 69.3 cm³/mol. The highest BCUT2D eigenvalue weighted by Gasteiger charge is 2.17. The third kappa shape index (κ3) is 4.11. The number of benzene rings is 1. The normalized spacial score (nSPS) is 13.9. The first-order valence-corrected chi connectivity index (χ1v) is 7.17. The van der Waals surface area contributed by atoms with Gasteiger partial charge in [-0.25, -0.2) is 13.1 Å². The van der Waals surface area contributed by atoms with E-state index in [2.05, 4.69) is 23.9 Å². The second-order valence-electron chi connectivity index (χ2n) is 4.30. The highest BCUT2D eigenvalue weighted by atomic mass is 32.2. The van der Waals surface area contributed by atoms with Crippen LogP contribution < -0.4 is 10.0 Å². The van der Waals surface area contributed by atoms with E-state index in [-0.39, 0.29) is 6.04 Å². The zero-order valence-electron chi connectivity index (χ0n) is 10.5. The fourth-order valence-electron chi connectivity index (χ4n) is 1.55. The van der Waals surface area contributed by atoms with Crippen molar-refractivity contribution in [1.29, 1.82) is 0 Å². The summed E-state index contributed by atoms with van der Waals surface area (Å²) in [5, 5.41) is 3.10. The maximum absolute atomic E-state index is 11.9. The monoisotopic (exact) mass is 256 g/mol. The lowest BCUT2D eigenvalue weighted by atomic mass is 10.1. The first-order valence-electron chi connectivity index (χ1n) is 5.69. The van der Waals surface area contributed by atoms with E-state index in [1.165, 1.54) is 0 Å². The Hall–Kier alpha value is -0.910. The Morgan fingerprint density at radius 1 is 1.18 bits per heavy atom. The van der Waals surface area contributed by atoms with E-state index < -0.39 is 10.0 Å². The van der Waals surface area contributed by atoms with Crippen LogP contribution in [0.1, 0.15) is 13.8 Å². The molecule has 2 N–H and O–H groups in total. The van der Waals surface area contributed by atoms with E-state index >= 15 is 0 Å². The molecule has 0 saturated carbocycles. The molecule has 1 atom stereocenters. The third-order valence-corrected chi connectivity index (χ3v) is 4.16. The van der Waals surface area contributed by atoms with Gasteiger partial charge in [-0.1, -0.05) is 32.0 Å². The van der Waals surface area contributed by atoms with Crippen LogP contribution in [-0.2, 0) is 10.0 Å². The first kappa shape index (κ1) is 14.2. The molecule has 0 radical (unpaired) electrons. The van der Waals surface area contributed by atoms with Gasteiger partial charge in [0.25, 0.3) is 0 Å². The summed E-state index contributed by atoms with van der Waals surface area (Å²) in [5.41, 5.74) is 0. The molecule has 0 amide bonds. The van der Waals surface area contributed by atoms with Crippen LogP contribution in [0.15, 0.2) is 35.2 Å². The van der Waals surface area contributed by atoms with Crippen LogP contribution in [0.4, 0.5) is 0 Å². The molecule has 17 heavy (non-hydrogen) atoms. The Morgan fingerprint density at radius 2 is 1.76 bits per heavy atom. The minimum atomic E-state index is -3.39. The molecule has 4 nitrogen and oxygen atoms in total. The van der Waals surface area contributed by atoms with Gasteiger partial charge in [0.05, 0.1) is 4.90 Å². The summed E-state index contributed by atoms with van der Waals surface area (Å²) in [6, 6.07) is 8.54. The van der Waals surface area contributed by atoms with Crippen molar-refractivity contribution in [3.05, 3.63) is 30.3 Å². The van der Waals surface area contributed by atoms with Crippen molar-refractivity contribution in [2.24, 2.45) is 5.92 Å². The van der Waals surface area contributed by atoms with E-state index in [1.54, 1.807) is 30.3 Å². The van der Waals surface area contributed by atoms with Gasteiger partial charge in [0.1, 0.15) is 0 Å². The Morgan fingerprint density at radius 3 is 2.24 bits per heavy atom. The SMILES string of the molecule is CN[C@H](CNS(=O)(=O)c1ccccc1)C(C)C. The van der Waals surface area contributed by atoms with Crippen molar-refractivity contribution in [3.63, 3.8) is 0 Å². The molecule has 0 fully saturated rings. The highest BCUT2D eigenvalue weighted by molar-refractivity contribution is 7.89. The Labute approximate surface area is 103 Å². The fourth-order valence-corrected chi connectivity index (χ4v) is 2.63. The van der Waals surface area contributed by atoms with Crippen LogP contribution in [0.2, 0.25) is 0 Å². The topological polar surface area (TPSA) is 58.2 Å². The molecule has 0 aliphatic rings. The van der Waals surface area contributed by atoms with Gasteiger partial charge in [0.2, 0.25) is 10.0 Å². The largest absolute Gasteiger partial charge is 0.315 e. The number of hydrogen-bond acceptors (Lipinski definition) is 3. The van der Waals surface area contributed by atoms with Crippen LogP contribution in [-0.4, -0.2) is 28.1 Å². The van der Waals surface area contributed by atoms with E-state index in [0.717, 1.165) is 0 Å². The molecule has 0 aliphatic heterocycles. The summed E-state index contributed by atoms with van der Waals surface area (Å²) in [5.74, 6) is 0.374. The molecule has 0 unspecified atom stereocenters. The summed E-state index contributed by atoms with van der Waals surface area (Å²) in [7, 11) is -1.55. The smallest absolute Gasteiger partial charge is 0.240 e. The number of hydrogen-bond donors (Lipinski definition) is 2. The number of nitrogens with one attached hydrogen (secondary N) is 2. The van der Waals surface area contributed by atoms with Crippen molar-refractivity contribution >= 4 is 10.0 Å². The quantitative estimate of drug-likeness (QED) is 0.804. The lowest BCUT2D eigenvalue weighted by Crippen LogP contribution is -2.42. The van der Waals surface area contributed by atoms with Crippen molar-refractivity contribution in [1.82, 2.24) is 10.0 Å². The molecular formula is C12H20N2O2S. The molecule has 0 aromatic heterocycles. The first-order chi connectivity index (χ1) is 7.97. The lowest BCUT2D eigenvalue weighted by Gasteiger charge is -2.20. The minimum Gasteiger partial charge on any atom is -0.315 e. The zero-order chi connectivity index (χ0) is 12.9. The summed E-state index contributed by atoms with van der Waals surface area (Å²) >= 11 is 0. The fraction of sp³-hybridized carbons (Fsp3) is 0.500. The predicted octanol–water partition coefficient (Wildman–Crippen LogP) is 1.21. The van der Waals surface area contributed by atoms with Gasteiger partial charge in [0.15, 0.2) is 0 Å². The van der Waals surface area contributed by atoms with Crippen molar-refractivity contribution in [2.45, 2.75) is 24.8 Å². The van der Waals surface area contributed by atoms with Gasteiger partial charge in [-0.15, -0.1) is 0 Å². The van der Waals surface area contributed by atoms with Gasteiger partial charge >= 0.3 is 0 Å². The zero-order valence-corrected chi connectivity index (χ0v) is 11.3. The lowest BCUT2D eigenvalue weighted by molar-refractivity contribution is 0.422. The summed E-state index contributed by atoms with van der Waals surface area (Å²) in [4.78, 5) is 0.304. The molecule has 0 bridgehead atoms. The average molecular weight is 256 g/mol. The second-order valence-corrected chi connectivity index (χ2v) is 6.07. The second kappa shape index (κ2) is 6.14. The molecule has 0 aliphatic carbocycles. The third-order valence-electron chi connectivity index (χ3n) is 2.72. The van der Waals surface area contributed by atoms with Gasteiger partial charge in [0, 0.05) is 12.6 Å². The summed E-state index contributed by atoms with van der Waals surface area (Å²) in [6.45, 7) is 4.50. The number of sulfonamides is 1. The van der Waals surface area contributed by atoms with Crippen LogP contribution in [0.25, 0.3) is 0 Å². The molecular weight excluding hydrogens is 236 g/mol. The van der Waals surface area contributed by atoms with Gasteiger partial charge in [-0.05, 0) is 25.1 Å². The summed E-state index contributed by atoms with van der Waals surface area (Å²) in [6.07, 6.45) is 0. The van der Waals surface area contributed by atoms with E-state index in [1.807, 2.05) is 7.05 Å².